The Hall–Kier alpha value is -3.40. The number of pyridine rings is 2. The van der Waals surface area contributed by atoms with Crippen molar-refractivity contribution in [3.63, 3.8) is 0 Å². The molecule has 4 rings (SSSR count). The molecule has 26 heavy (non-hydrogen) atoms. The summed E-state index contributed by atoms with van der Waals surface area (Å²) in [4.78, 5) is 8.93. The van der Waals surface area contributed by atoms with E-state index in [1.807, 2.05) is 66.7 Å². The van der Waals surface area contributed by atoms with Crippen LogP contribution in [0.1, 0.15) is 5.56 Å². The SMILES string of the molecule is COc1ccc2cc(-c3cccnc3)nc(OCc3ccccc3)c2c1. The highest BCUT2D eigenvalue weighted by molar-refractivity contribution is 5.91. The molecule has 0 saturated carbocycles. The molecule has 0 saturated heterocycles. The van der Waals surface area contributed by atoms with Gasteiger partial charge in [-0.15, -0.1) is 0 Å². The molecule has 0 spiro atoms. The molecule has 2 aromatic heterocycles. The van der Waals surface area contributed by atoms with E-state index in [1.54, 1.807) is 19.5 Å². The Bertz CT molecular complexity index is 1020. The van der Waals surface area contributed by atoms with Gasteiger partial charge in [-0.1, -0.05) is 36.4 Å². The van der Waals surface area contributed by atoms with E-state index in [4.69, 9.17) is 14.5 Å². The van der Waals surface area contributed by atoms with Crippen molar-refractivity contribution in [2.75, 3.05) is 7.11 Å². The number of rotatable bonds is 5. The number of hydrogen-bond donors (Lipinski definition) is 0. The molecule has 0 amide bonds. The third kappa shape index (κ3) is 3.35. The van der Waals surface area contributed by atoms with E-state index in [2.05, 4.69) is 4.98 Å². The summed E-state index contributed by atoms with van der Waals surface area (Å²) in [5.41, 5.74) is 2.88. The van der Waals surface area contributed by atoms with Gasteiger partial charge in [-0.2, -0.15) is 0 Å². The van der Waals surface area contributed by atoms with Crippen LogP contribution in [0.5, 0.6) is 11.6 Å². The number of fused-ring (bicyclic) bond motifs is 1. The van der Waals surface area contributed by atoms with Crippen LogP contribution in [0.15, 0.2) is 79.1 Å². The Labute approximate surface area is 152 Å². The molecule has 0 unspecified atom stereocenters. The zero-order valence-electron chi connectivity index (χ0n) is 14.4. The van der Waals surface area contributed by atoms with E-state index in [1.165, 1.54) is 0 Å². The largest absolute Gasteiger partial charge is 0.497 e. The maximum atomic E-state index is 6.08. The summed E-state index contributed by atoms with van der Waals surface area (Å²) < 4.78 is 11.4. The highest BCUT2D eigenvalue weighted by atomic mass is 16.5. The van der Waals surface area contributed by atoms with Gasteiger partial charge in [0.05, 0.1) is 12.8 Å². The fourth-order valence-electron chi connectivity index (χ4n) is 2.82. The third-order valence-corrected chi connectivity index (χ3v) is 4.18. The highest BCUT2D eigenvalue weighted by Gasteiger charge is 2.11. The first-order chi connectivity index (χ1) is 12.8. The van der Waals surface area contributed by atoms with Crippen molar-refractivity contribution in [1.29, 1.82) is 0 Å². The summed E-state index contributed by atoms with van der Waals surface area (Å²) in [5, 5.41) is 1.97. The second-order valence-electron chi connectivity index (χ2n) is 5.92. The fourth-order valence-corrected chi connectivity index (χ4v) is 2.82. The van der Waals surface area contributed by atoms with Gasteiger partial charge in [0.1, 0.15) is 12.4 Å². The first-order valence-corrected chi connectivity index (χ1v) is 8.39. The number of aromatic nitrogens is 2. The van der Waals surface area contributed by atoms with Gasteiger partial charge >= 0.3 is 0 Å². The van der Waals surface area contributed by atoms with Crippen molar-refractivity contribution in [3.8, 4) is 22.9 Å². The molecule has 0 radical (unpaired) electrons. The van der Waals surface area contributed by atoms with Crippen molar-refractivity contribution in [2.45, 2.75) is 6.61 Å². The summed E-state index contributed by atoms with van der Waals surface area (Å²) in [6.07, 6.45) is 3.56. The maximum Gasteiger partial charge on any atom is 0.222 e. The van der Waals surface area contributed by atoms with E-state index >= 15 is 0 Å². The maximum absolute atomic E-state index is 6.08. The number of benzene rings is 2. The Morgan fingerprint density at radius 3 is 2.58 bits per heavy atom. The first-order valence-electron chi connectivity index (χ1n) is 8.39. The molecule has 4 aromatic rings. The summed E-state index contributed by atoms with van der Waals surface area (Å²) in [7, 11) is 1.66. The molecule has 2 aromatic carbocycles. The smallest absolute Gasteiger partial charge is 0.222 e. The minimum atomic E-state index is 0.455. The van der Waals surface area contributed by atoms with Crippen LogP contribution < -0.4 is 9.47 Å². The molecule has 4 nitrogen and oxygen atoms in total. The molecule has 0 bridgehead atoms. The van der Waals surface area contributed by atoms with Gasteiger partial charge in [-0.05, 0) is 41.3 Å². The van der Waals surface area contributed by atoms with Gasteiger partial charge < -0.3 is 9.47 Å². The molecule has 0 aliphatic carbocycles. The lowest BCUT2D eigenvalue weighted by Crippen LogP contribution is -1.99. The number of hydrogen-bond acceptors (Lipinski definition) is 4. The molecule has 0 aliphatic heterocycles. The van der Waals surface area contributed by atoms with Gasteiger partial charge in [0.25, 0.3) is 0 Å². The lowest BCUT2D eigenvalue weighted by atomic mass is 10.1. The van der Waals surface area contributed by atoms with Gasteiger partial charge in [0, 0.05) is 23.3 Å². The monoisotopic (exact) mass is 342 g/mol. The average molecular weight is 342 g/mol. The van der Waals surface area contributed by atoms with Crippen molar-refractivity contribution in [2.24, 2.45) is 0 Å². The van der Waals surface area contributed by atoms with E-state index in [-0.39, 0.29) is 0 Å². The summed E-state index contributed by atoms with van der Waals surface area (Å²) in [6.45, 7) is 0.455. The molecule has 0 N–H and O–H groups in total. The van der Waals surface area contributed by atoms with Gasteiger partial charge in [-0.25, -0.2) is 4.98 Å². The van der Waals surface area contributed by atoms with Crippen LogP contribution in [0.2, 0.25) is 0 Å². The van der Waals surface area contributed by atoms with Crippen molar-refractivity contribution < 1.29 is 9.47 Å². The van der Waals surface area contributed by atoms with Crippen LogP contribution in [-0.4, -0.2) is 17.1 Å². The van der Waals surface area contributed by atoms with E-state index in [9.17, 15) is 0 Å². The van der Waals surface area contributed by atoms with Crippen molar-refractivity contribution in [3.05, 3.63) is 84.7 Å². The lowest BCUT2D eigenvalue weighted by Gasteiger charge is -2.12. The third-order valence-electron chi connectivity index (χ3n) is 4.18. The minimum absolute atomic E-state index is 0.455. The predicted molar refractivity (Wildman–Crippen MR) is 102 cm³/mol. The summed E-state index contributed by atoms with van der Waals surface area (Å²) in [5.74, 6) is 1.36. The van der Waals surface area contributed by atoms with Crippen LogP contribution in [0.25, 0.3) is 22.0 Å². The normalized spacial score (nSPS) is 10.7. The Balaban J connectivity index is 1.78. The molecule has 0 atom stereocenters. The van der Waals surface area contributed by atoms with Gasteiger partial charge in [0.2, 0.25) is 5.88 Å². The second kappa shape index (κ2) is 7.23. The Morgan fingerprint density at radius 2 is 1.81 bits per heavy atom. The lowest BCUT2D eigenvalue weighted by molar-refractivity contribution is 0.298. The van der Waals surface area contributed by atoms with Crippen LogP contribution in [0.3, 0.4) is 0 Å². The van der Waals surface area contributed by atoms with Gasteiger partial charge in [-0.3, -0.25) is 4.98 Å². The molecular weight excluding hydrogens is 324 g/mol. The molecule has 2 heterocycles. The summed E-state index contributed by atoms with van der Waals surface area (Å²) >= 11 is 0. The van der Waals surface area contributed by atoms with Gasteiger partial charge in [0.15, 0.2) is 0 Å². The minimum Gasteiger partial charge on any atom is -0.497 e. The predicted octanol–water partition coefficient (Wildman–Crippen LogP) is 4.88. The van der Waals surface area contributed by atoms with Crippen molar-refractivity contribution >= 4 is 10.8 Å². The van der Waals surface area contributed by atoms with Crippen molar-refractivity contribution in [1.82, 2.24) is 9.97 Å². The topological polar surface area (TPSA) is 44.2 Å². The molecule has 0 fully saturated rings. The number of nitrogens with zero attached hydrogens (tertiary/aromatic N) is 2. The Kier molecular flexibility index (Phi) is 4.48. The Morgan fingerprint density at radius 1 is 0.923 bits per heavy atom. The summed E-state index contributed by atoms with van der Waals surface area (Å²) in [6, 6.07) is 21.9. The standard InChI is InChI=1S/C22H18N2O2/c1-25-19-10-9-17-12-21(18-8-5-11-23-14-18)24-22(20(17)13-19)26-15-16-6-3-2-4-7-16/h2-14H,15H2,1H3. The van der Waals surface area contributed by atoms with E-state index in [0.29, 0.717) is 12.5 Å². The quantitative estimate of drug-likeness (QED) is 0.518. The number of methoxy groups -OCH3 is 1. The van der Waals surface area contributed by atoms with Crippen LogP contribution in [-0.2, 0) is 6.61 Å². The molecule has 0 aliphatic rings. The average Bonchev–Trinajstić information content (AvgIpc) is 2.73. The fraction of sp³-hybridized carbons (Fsp3) is 0.0909. The molecule has 4 heteroatoms. The molecular formula is C22H18N2O2. The zero-order valence-corrected chi connectivity index (χ0v) is 14.4. The van der Waals surface area contributed by atoms with Crippen LogP contribution >= 0.6 is 0 Å². The zero-order chi connectivity index (χ0) is 17.8. The molecule has 128 valence electrons. The van der Waals surface area contributed by atoms with Crippen LogP contribution in [0, 0.1) is 0 Å². The first kappa shape index (κ1) is 16.1. The van der Waals surface area contributed by atoms with Crippen LogP contribution in [0.4, 0.5) is 0 Å². The van der Waals surface area contributed by atoms with E-state index in [0.717, 1.165) is 33.3 Å². The van der Waals surface area contributed by atoms with E-state index < -0.39 is 0 Å². The highest BCUT2D eigenvalue weighted by Crippen LogP contribution is 2.32. The number of ether oxygens (including phenoxy) is 2. The second-order valence-corrected chi connectivity index (χ2v) is 5.92.